The molecule has 1 N–H and O–H groups in total. The maximum atomic E-state index is 13.6. The second kappa shape index (κ2) is 14.2. The van der Waals surface area contributed by atoms with Crippen molar-refractivity contribution in [3.8, 4) is 5.75 Å². The van der Waals surface area contributed by atoms with E-state index in [1.807, 2.05) is 6.92 Å². The molecule has 0 saturated heterocycles. The third kappa shape index (κ3) is 8.75. The number of nitrogens with one attached hydrogen (secondary N) is 1. The van der Waals surface area contributed by atoms with E-state index in [1.54, 1.807) is 47.4 Å². The van der Waals surface area contributed by atoms with Crippen LogP contribution in [0, 0.1) is 0 Å². The number of benzene rings is 2. The summed E-state index contributed by atoms with van der Waals surface area (Å²) >= 11 is 12.3. The lowest BCUT2D eigenvalue weighted by molar-refractivity contribution is -0.141. The molecular formula is C28H37Cl2N3O5S. The lowest BCUT2D eigenvalue weighted by Gasteiger charge is -2.32. The molecule has 39 heavy (non-hydrogen) atoms. The van der Waals surface area contributed by atoms with E-state index in [9.17, 15) is 18.0 Å². The molecule has 1 aliphatic rings. The Labute approximate surface area is 241 Å². The first-order valence-electron chi connectivity index (χ1n) is 13.2. The summed E-state index contributed by atoms with van der Waals surface area (Å²) in [6, 6.07) is 11.3. The van der Waals surface area contributed by atoms with Gasteiger partial charge in [0.05, 0.1) is 29.1 Å². The topological polar surface area (TPSA) is 96.0 Å². The standard InChI is InChI=1S/C28H37Cl2N3O5S/c1-4-26(28(35)31-21-8-5-6-9-21)32(19-20-11-16-24(29)25(30)18-20)27(34)10-7-17-33(39(3,36)37)22-12-14-23(38-2)15-13-22/h11-16,18,21,26H,4-10,17,19H2,1-3H3,(H,31,35)/t26-/m1/s1. The van der Waals surface area contributed by atoms with E-state index in [1.165, 1.54) is 11.4 Å². The summed E-state index contributed by atoms with van der Waals surface area (Å²) in [4.78, 5) is 28.5. The quantitative estimate of drug-likeness (QED) is 0.333. The SMILES string of the molecule is CC[C@H](C(=O)NC1CCCC1)N(Cc1ccc(Cl)c(Cl)c1)C(=O)CCCN(c1ccc(OC)cc1)S(C)(=O)=O. The molecule has 11 heteroatoms. The van der Waals surface area contributed by atoms with Crippen LogP contribution in [-0.4, -0.2) is 57.1 Å². The maximum Gasteiger partial charge on any atom is 0.243 e. The molecule has 0 radical (unpaired) electrons. The Kier molecular flexibility index (Phi) is 11.3. The molecule has 1 fully saturated rings. The molecule has 2 amide bonds. The van der Waals surface area contributed by atoms with Crippen LogP contribution in [0.5, 0.6) is 5.75 Å². The number of ether oxygens (including phenoxy) is 1. The molecule has 1 saturated carbocycles. The predicted octanol–water partition coefficient (Wildman–Crippen LogP) is 5.41. The summed E-state index contributed by atoms with van der Waals surface area (Å²) < 4.78 is 31.5. The Morgan fingerprint density at radius 2 is 1.74 bits per heavy atom. The zero-order valence-corrected chi connectivity index (χ0v) is 25.0. The van der Waals surface area contributed by atoms with E-state index in [0.717, 1.165) is 37.5 Å². The van der Waals surface area contributed by atoms with Crippen LogP contribution >= 0.6 is 23.2 Å². The Morgan fingerprint density at radius 1 is 1.08 bits per heavy atom. The van der Waals surface area contributed by atoms with Crippen LogP contribution in [0.2, 0.25) is 10.0 Å². The number of carbonyl (C=O) groups excluding carboxylic acids is 2. The molecule has 0 spiro atoms. The van der Waals surface area contributed by atoms with Crippen molar-refractivity contribution in [2.24, 2.45) is 0 Å². The molecule has 0 aliphatic heterocycles. The molecule has 0 bridgehead atoms. The first-order chi connectivity index (χ1) is 18.5. The molecule has 3 rings (SSSR count). The fraction of sp³-hybridized carbons (Fsp3) is 0.500. The van der Waals surface area contributed by atoms with Gasteiger partial charge in [-0.3, -0.25) is 13.9 Å². The highest BCUT2D eigenvalue weighted by atomic mass is 35.5. The summed E-state index contributed by atoms with van der Waals surface area (Å²) in [5.41, 5.74) is 1.24. The second-order valence-corrected chi connectivity index (χ2v) is 12.5. The van der Waals surface area contributed by atoms with Gasteiger partial charge in [0, 0.05) is 25.6 Å². The van der Waals surface area contributed by atoms with Gasteiger partial charge in [-0.2, -0.15) is 0 Å². The van der Waals surface area contributed by atoms with Gasteiger partial charge in [-0.25, -0.2) is 8.42 Å². The number of hydrogen-bond donors (Lipinski definition) is 1. The predicted molar refractivity (Wildman–Crippen MR) is 156 cm³/mol. The molecular weight excluding hydrogens is 561 g/mol. The highest BCUT2D eigenvalue weighted by molar-refractivity contribution is 7.92. The average Bonchev–Trinajstić information content (AvgIpc) is 3.41. The third-order valence-corrected chi connectivity index (χ3v) is 8.87. The lowest BCUT2D eigenvalue weighted by atomic mass is 10.1. The number of halogens is 2. The number of amides is 2. The molecule has 2 aromatic carbocycles. The van der Waals surface area contributed by atoms with E-state index < -0.39 is 16.1 Å². The zero-order valence-electron chi connectivity index (χ0n) is 22.7. The van der Waals surface area contributed by atoms with Gasteiger partial charge in [-0.05, 0) is 67.6 Å². The molecule has 2 aromatic rings. The Balaban J connectivity index is 1.77. The van der Waals surface area contributed by atoms with Crippen LogP contribution in [0.1, 0.15) is 57.4 Å². The highest BCUT2D eigenvalue weighted by Gasteiger charge is 2.31. The van der Waals surface area contributed by atoms with Gasteiger partial charge in [0.15, 0.2) is 0 Å². The summed E-state index contributed by atoms with van der Waals surface area (Å²) in [6.07, 6.45) is 5.96. The van der Waals surface area contributed by atoms with Gasteiger partial charge in [0.25, 0.3) is 0 Å². The monoisotopic (exact) mass is 597 g/mol. The lowest BCUT2D eigenvalue weighted by Crippen LogP contribution is -2.51. The van der Waals surface area contributed by atoms with Gasteiger partial charge < -0.3 is 15.0 Å². The first-order valence-corrected chi connectivity index (χ1v) is 15.8. The second-order valence-electron chi connectivity index (χ2n) is 9.82. The van der Waals surface area contributed by atoms with Gasteiger partial charge in [0.1, 0.15) is 11.8 Å². The van der Waals surface area contributed by atoms with E-state index in [2.05, 4.69) is 5.32 Å². The van der Waals surface area contributed by atoms with E-state index in [-0.39, 0.29) is 43.8 Å². The minimum atomic E-state index is -3.58. The number of sulfonamides is 1. The number of methoxy groups -OCH3 is 1. The van der Waals surface area contributed by atoms with Crippen molar-refractivity contribution in [3.05, 3.63) is 58.1 Å². The molecule has 214 valence electrons. The third-order valence-electron chi connectivity index (χ3n) is 6.94. The normalized spacial score (nSPS) is 14.6. The minimum absolute atomic E-state index is 0.0662. The van der Waals surface area contributed by atoms with Crippen molar-refractivity contribution in [2.75, 3.05) is 24.2 Å². The number of hydrogen-bond acceptors (Lipinski definition) is 5. The van der Waals surface area contributed by atoms with Crippen molar-refractivity contribution in [1.82, 2.24) is 10.2 Å². The Hall–Kier alpha value is -2.49. The maximum absolute atomic E-state index is 13.6. The summed E-state index contributed by atoms with van der Waals surface area (Å²) in [7, 11) is -2.05. The number of anilines is 1. The Morgan fingerprint density at radius 3 is 2.31 bits per heavy atom. The van der Waals surface area contributed by atoms with Crippen LogP contribution in [-0.2, 0) is 26.2 Å². The van der Waals surface area contributed by atoms with Gasteiger partial charge >= 0.3 is 0 Å². The number of rotatable bonds is 13. The van der Waals surface area contributed by atoms with E-state index in [4.69, 9.17) is 27.9 Å². The van der Waals surface area contributed by atoms with Crippen LogP contribution in [0.15, 0.2) is 42.5 Å². The molecule has 0 unspecified atom stereocenters. The highest BCUT2D eigenvalue weighted by Crippen LogP contribution is 2.26. The summed E-state index contributed by atoms with van der Waals surface area (Å²) in [6.45, 7) is 2.17. The summed E-state index contributed by atoms with van der Waals surface area (Å²) in [5, 5.41) is 3.89. The van der Waals surface area contributed by atoms with Crippen molar-refractivity contribution < 1.29 is 22.7 Å². The fourth-order valence-electron chi connectivity index (χ4n) is 4.87. The van der Waals surface area contributed by atoms with Gasteiger partial charge in [-0.15, -0.1) is 0 Å². The number of carbonyl (C=O) groups is 2. The average molecular weight is 599 g/mol. The molecule has 0 heterocycles. The largest absolute Gasteiger partial charge is 0.497 e. The van der Waals surface area contributed by atoms with E-state index >= 15 is 0 Å². The molecule has 8 nitrogen and oxygen atoms in total. The van der Waals surface area contributed by atoms with Gasteiger partial charge in [-0.1, -0.05) is 49.0 Å². The molecule has 0 aromatic heterocycles. The van der Waals surface area contributed by atoms with Gasteiger partial charge in [0.2, 0.25) is 21.8 Å². The minimum Gasteiger partial charge on any atom is -0.497 e. The van der Waals surface area contributed by atoms with Crippen molar-refractivity contribution >= 4 is 50.7 Å². The smallest absolute Gasteiger partial charge is 0.243 e. The van der Waals surface area contributed by atoms with Crippen LogP contribution < -0.4 is 14.4 Å². The Bertz CT molecular complexity index is 1230. The van der Waals surface area contributed by atoms with Crippen molar-refractivity contribution in [1.29, 1.82) is 0 Å². The molecule has 1 atom stereocenters. The van der Waals surface area contributed by atoms with Crippen molar-refractivity contribution in [3.63, 3.8) is 0 Å². The summed E-state index contributed by atoms with van der Waals surface area (Å²) in [5.74, 6) is 0.202. The number of nitrogens with zero attached hydrogens (tertiary/aromatic N) is 2. The van der Waals surface area contributed by atoms with E-state index in [0.29, 0.717) is 27.9 Å². The first kappa shape index (κ1) is 31.0. The van der Waals surface area contributed by atoms with Crippen molar-refractivity contribution in [2.45, 2.75) is 70.5 Å². The van der Waals surface area contributed by atoms with Crippen LogP contribution in [0.3, 0.4) is 0 Å². The fourth-order valence-corrected chi connectivity index (χ4v) is 6.16. The molecule has 1 aliphatic carbocycles. The zero-order chi connectivity index (χ0) is 28.6. The van der Waals surface area contributed by atoms with Crippen LogP contribution in [0.4, 0.5) is 5.69 Å². The van der Waals surface area contributed by atoms with Crippen LogP contribution in [0.25, 0.3) is 0 Å².